The molecule has 2 aromatic rings. The summed E-state index contributed by atoms with van der Waals surface area (Å²) in [6, 6.07) is 5.57. The number of thiazole rings is 1. The van der Waals surface area contributed by atoms with Crippen molar-refractivity contribution < 1.29 is 4.79 Å². The van der Waals surface area contributed by atoms with Crippen molar-refractivity contribution >= 4 is 38.3 Å². The second kappa shape index (κ2) is 4.58. The van der Waals surface area contributed by atoms with Gasteiger partial charge in [-0.2, -0.15) is 0 Å². The predicted octanol–water partition coefficient (Wildman–Crippen LogP) is 1.38. The van der Waals surface area contributed by atoms with Crippen molar-refractivity contribution in [1.82, 2.24) is 9.88 Å². The molecule has 0 unspecified atom stereocenters. The summed E-state index contributed by atoms with van der Waals surface area (Å²) in [4.78, 5) is 17.3. The molecule has 0 atom stereocenters. The van der Waals surface area contributed by atoms with E-state index in [1.807, 2.05) is 18.2 Å². The zero-order valence-electron chi connectivity index (χ0n) is 9.73. The van der Waals surface area contributed by atoms with Gasteiger partial charge < -0.3 is 16.0 Å². The van der Waals surface area contributed by atoms with Crippen LogP contribution in [0.1, 0.15) is 0 Å². The highest BCUT2D eigenvalue weighted by Crippen LogP contribution is 2.27. The summed E-state index contributed by atoms with van der Waals surface area (Å²) in [5, 5.41) is 3.75. The Morgan fingerprint density at radius 2 is 2.29 bits per heavy atom. The van der Waals surface area contributed by atoms with E-state index in [1.54, 1.807) is 14.1 Å². The maximum Gasteiger partial charge on any atom is 0.241 e. The van der Waals surface area contributed by atoms with Crippen LogP contribution < -0.4 is 11.1 Å². The highest BCUT2D eigenvalue weighted by molar-refractivity contribution is 7.22. The van der Waals surface area contributed by atoms with Gasteiger partial charge in [-0.3, -0.25) is 4.79 Å². The van der Waals surface area contributed by atoms with E-state index in [0.29, 0.717) is 0 Å². The number of nitrogens with zero attached hydrogens (tertiary/aromatic N) is 2. The number of hydrogen-bond donors (Lipinski definition) is 2. The first-order valence-corrected chi connectivity index (χ1v) is 5.98. The minimum Gasteiger partial charge on any atom is -0.399 e. The van der Waals surface area contributed by atoms with Crippen LogP contribution >= 0.6 is 11.3 Å². The third-order valence-corrected chi connectivity index (χ3v) is 3.28. The Labute approximate surface area is 103 Å². The van der Waals surface area contributed by atoms with Crippen LogP contribution in [-0.4, -0.2) is 36.4 Å². The standard InChI is InChI=1S/C11H14N4OS/c1-15(2)10(16)6-13-11-14-8-4-3-7(12)5-9(8)17-11/h3-5H,6,12H2,1-2H3,(H,13,14). The van der Waals surface area contributed by atoms with Crippen LogP contribution in [0.15, 0.2) is 18.2 Å². The van der Waals surface area contributed by atoms with E-state index in [1.165, 1.54) is 16.2 Å². The second-order valence-corrected chi connectivity index (χ2v) is 4.92. The van der Waals surface area contributed by atoms with Crippen LogP contribution in [-0.2, 0) is 4.79 Å². The molecule has 0 spiro atoms. The van der Waals surface area contributed by atoms with Crippen molar-refractivity contribution in [2.75, 3.05) is 31.7 Å². The number of likely N-dealkylation sites (N-methyl/N-ethyl adjacent to an activating group) is 1. The molecule has 5 nitrogen and oxygen atoms in total. The van der Waals surface area contributed by atoms with E-state index in [2.05, 4.69) is 10.3 Å². The van der Waals surface area contributed by atoms with Gasteiger partial charge in [-0.1, -0.05) is 11.3 Å². The van der Waals surface area contributed by atoms with E-state index >= 15 is 0 Å². The number of nitrogen functional groups attached to an aromatic ring is 1. The molecule has 0 aliphatic carbocycles. The molecule has 6 heteroatoms. The van der Waals surface area contributed by atoms with Crippen LogP contribution in [0.5, 0.6) is 0 Å². The zero-order chi connectivity index (χ0) is 12.4. The smallest absolute Gasteiger partial charge is 0.241 e. The third-order valence-electron chi connectivity index (χ3n) is 2.30. The Hall–Kier alpha value is -1.82. The number of carbonyl (C=O) groups excluding carboxylic acids is 1. The molecular formula is C11H14N4OS. The van der Waals surface area contributed by atoms with Gasteiger partial charge in [0, 0.05) is 19.8 Å². The second-order valence-electron chi connectivity index (χ2n) is 3.89. The van der Waals surface area contributed by atoms with Crippen molar-refractivity contribution in [2.24, 2.45) is 0 Å². The fourth-order valence-corrected chi connectivity index (χ4v) is 2.24. The van der Waals surface area contributed by atoms with E-state index < -0.39 is 0 Å². The Balaban J connectivity index is 2.12. The van der Waals surface area contributed by atoms with Gasteiger partial charge >= 0.3 is 0 Å². The minimum atomic E-state index is 0.0174. The monoisotopic (exact) mass is 250 g/mol. The molecule has 1 aromatic carbocycles. The number of amides is 1. The number of fused-ring (bicyclic) bond motifs is 1. The zero-order valence-corrected chi connectivity index (χ0v) is 10.5. The SMILES string of the molecule is CN(C)C(=O)CNc1nc2ccc(N)cc2s1. The van der Waals surface area contributed by atoms with Crippen LogP contribution in [0.4, 0.5) is 10.8 Å². The van der Waals surface area contributed by atoms with Gasteiger partial charge in [0.25, 0.3) is 0 Å². The van der Waals surface area contributed by atoms with E-state index in [9.17, 15) is 4.79 Å². The highest BCUT2D eigenvalue weighted by Gasteiger charge is 2.07. The highest BCUT2D eigenvalue weighted by atomic mass is 32.1. The number of anilines is 2. The van der Waals surface area contributed by atoms with Gasteiger partial charge in [0.1, 0.15) is 0 Å². The van der Waals surface area contributed by atoms with Crippen molar-refractivity contribution in [2.45, 2.75) is 0 Å². The lowest BCUT2D eigenvalue weighted by molar-refractivity contribution is -0.126. The molecule has 90 valence electrons. The van der Waals surface area contributed by atoms with Crippen LogP contribution in [0.3, 0.4) is 0 Å². The molecular weight excluding hydrogens is 236 g/mol. The number of rotatable bonds is 3. The molecule has 0 saturated carbocycles. The number of carbonyl (C=O) groups is 1. The van der Waals surface area contributed by atoms with E-state index in [-0.39, 0.29) is 12.5 Å². The van der Waals surface area contributed by atoms with Gasteiger partial charge in [0.15, 0.2) is 5.13 Å². The molecule has 0 radical (unpaired) electrons. The fourth-order valence-electron chi connectivity index (χ4n) is 1.33. The maximum absolute atomic E-state index is 11.4. The molecule has 3 N–H and O–H groups in total. The summed E-state index contributed by atoms with van der Waals surface area (Å²) in [7, 11) is 3.45. The number of nitrogens with two attached hydrogens (primary N) is 1. The minimum absolute atomic E-state index is 0.0174. The van der Waals surface area contributed by atoms with Crippen LogP contribution in [0.2, 0.25) is 0 Å². The van der Waals surface area contributed by atoms with Gasteiger partial charge in [0.05, 0.1) is 16.8 Å². The molecule has 2 rings (SSSR count). The Kier molecular flexibility index (Phi) is 3.14. The fraction of sp³-hybridized carbons (Fsp3) is 0.273. The van der Waals surface area contributed by atoms with E-state index in [0.717, 1.165) is 21.0 Å². The van der Waals surface area contributed by atoms with Crippen LogP contribution in [0, 0.1) is 0 Å². The first kappa shape index (κ1) is 11.7. The summed E-state index contributed by atoms with van der Waals surface area (Å²) in [6.45, 7) is 0.252. The summed E-state index contributed by atoms with van der Waals surface area (Å²) in [6.07, 6.45) is 0. The summed E-state index contributed by atoms with van der Waals surface area (Å²) >= 11 is 1.49. The quantitative estimate of drug-likeness (QED) is 0.807. The first-order valence-electron chi connectivity index (χ1n) is 5.16. The van der Waals surface area contributed by atoms with Gasteiger partial charge in [-0.15, -0.1) is 0 Å². The average molecular weight is 250 g/mol. The van der Waals surface area contributed by atoms with Gasteiger partial charge in [-0.05, 0) is 18.2 Å². The molecule has 17 heavy (non-hydrogen) atoms. The van der Waals surface area contributed by atoms with Crippen molar-refractivity contribution in [1.29, 1.82) is 0 Å². The largest absolute Gasteiger partial charge is 0.399 e. The number of nitrogens with one attached hydrogen (secondary N) is 1. The number of benzene rings is 1. The van der Waals surface area contributed by atoms with E-state index in [4.69, 9.17) is 5.73 Å². The normalized spacial score (nSPS) is 10.5. The van der Waals surface area contributed by atoms with Gasteiger partial charge in [-0.25, -0.2) is 4.98 Å². The number of hydrogen-bond acceptors (Lipinski definition) is 5. The third kappa shape index (κ3) is 2.65. The summed E-state index contributed by atoms with van der Waals surface area (Å²) < 4.78 is 1.02. The van der Waals surface area contributed by atoms with Gasteiger partial charge in [0.2, 0.25) is 5.91 Å². The maximum atomic E-state index is 11.4. The average Bonchev–Trinajstić information content (AvgIpc) is 2.67. The molecule has 0 saturated heterocycles. The first-order chi connectivity index (χ1) is 8.06. The lowest BCUT2D eigenvalue weighted by atomic mass is 10.3. The molecule has 0 bridgehead atoms. The summed E-state index contributed by atoms with van der Waals surface area (Å²) in [5.74, 6) is 0.0174. The molecule has 1 heterocycles. The molecule has 0 fully saturated rings. The topological polar surface area (TPSA) is 71.2 Å². The van der Waals surface area contributed by atoms with Crippen molar-refractivity contribution in [3.63, 3.8) is 0 Å². The van der Waals surface area contributed by atoms with Crippen molar-refractivity contribution in [3.8, 4) is 0 Å². The Morgan fingerprint density at radius 3 is 3.00 bits per heavy atom. The lowest BCUT2D eigenvalue weighted by Gasteiger charge is -2.09. The molecule has 0 aliphatic heterocycles. The lowest BCUT2D eigenvalue weighted by Crippen LogP contribution is -2.28. The van der Waals surface area contributed by atoms with Crippen molar-refractivity contribution in [3.05, 3.63) is 18.2 Å². The predicted molar refractivity (Wildman–Crippen MR) is 71.2 cm³/mol. The number of aromatic nitrogens is 1. The summed E-state index contributed by atoms with van der Waals surface area (Å²) in [5.41, 5.74) is 7.30. The molecule has 1 amide bonds. The molecule has 0 aliphatic rings. The Morgan fingerprint density at radius 1 is 1.53 bits per heavy atom. The Bertz CT molecular complexity index is 549. The molecule has 1 aromatic heterocycles. The van der Waals surface area contributed by atoms with Crippen LogP contribution in [0.25, 0.3) is 10.2 Å².